The summed E-state index contributed by atoms with van der Waals surface area (Å²) >= 11 is 6.87. The standard InChI is InChI=1S/C23H22Br2N4O6/c24-16-8-20-18(32-12-34-20)6-14(16)10-26-28-22(30)4-2-1-3-5-23(31)29-27-11-15-7-19-21(9-17(15)25)35-13-33-19/h6-11H,1-5,12-13H2,(H,28,30)(H,29,31). The van der Waals surface area contributed by atoms with Crippen LogP contribution in [0.4, 0.5) is 0 Å². The van der Waals surface area contributed by atoms with Crippen molar-refractivity contribution in [3.63, 3.8) is 0 Å². The third-order valence-corrected chi connectivity index (χ3v) is 6.45. The normalized spacial score (nSPS) is 13.5. The van der Waals surface area contributed by atoms with Crippen LogP contribution in [0.2, 0.25) is 0 Å². The van der Waals surface area contributed by atoms with Gasteiger partial charge in [0.15, 0.2) is 23.0 Å². The molecule has 0 bridgehead atoms. The van der Waals surface area contributed by atoms with Gasteiger partial charge < -0.3 is 18.9 Å². The van der Waals surface area contributed by atoms with Crippen LogP contribution < -0.4 is 29.8 Å². The maximum atomic E-state index is 12.0. The Morgan fingerprint density at radius 3 is 1.54 bits per heavy atom. The summed E-state index contributed by atoms with van der Waals surface area (Å²) in [6.45, 7) is 0.375. The van der Waals surface area contributed by atoms with E-state index in [1.807, 2.05) is 0 Å². The molecule has 4 rings (SSSR count). The third-order valence-electron chi connectivity index (χ3n) is 5.08. The number of rotatable bonds is 10. The van der Waals surface area contributed by atoms with Gasteiger partial charge in [0.2, 0.25) is 25.4 Å². The van der Waals surface area contributed by atoms with Crippen molar-refractivity contribution in [2.75, 3.05) is 13.6 Å². The van der Waals surface area contributed by atoms with Crippen molar-refractivity contribution < 1.29 is 28.5 Å². The lowest BCUT2D eigenvalue weighted by molar-refractivity contribution is -0.121. The number of unbranched alkanes of at least 4 members (excludes halogenated alkanes) is 2. The Morgan fingerprint density at radius 2 is 1.11 bits per heavy atom. The van der Waals surface area contributed by atoms with Gasteiger partial charge in [-0.25, -0.2) is 10.9 Å². The molecule has 0 spiro atoms. The average Bonchev–Trinajstić information content (AvgIpc) is 3.47. The molecule has 2 aromatic rings. The maximum Gasteiger partial charge on any atom is 0.240 e. The Balaban J connectivity index is 1.09. The van der Waals surface area contributed by atoms with E-state index in [9.17, 15) is 9.59 Å². The van der Waals surface area contributed by atoms with Crippen LogP contribution in [0, 0.1) is 0 Å². The summed E-state index contributed by atoms with van der Waals surface area (Å²) in [5.41, 5.74) is 6.53. The van der Waals surface area contributed by atoms with Crippen molar-refractivity contribution in [3.8, 4) is 23.0 Å². The number of hydrogen-bond donors (Lipinski definition) is 2. The number of carbonyl (C=O) groups excluding carboxylic acids is 2. The highest BCUT2D eigenvalue weighted by atomic mass is 79.9. The van der Waals surface area contributed by atoms with Crippen molar-refractivity contribution >= 4 is 56.1 Å². The van der Waals surface area contributed by atoms with Crippen LogP contribution in [0.15, 0.2) is 43.4 Å². The number of benzene rings is 2. The second-order valence-electron chi connectivity index (χ2n) is 7.60. The molecular formula is C23H22Br2N4O6. The lowest BCUT2D eigenvalue weighted by atomic mass is 10.1. The van der Waals surface area contributed by atoms with Crippen LogP contribution in [0.25, 0.3) is 0 Å². The summed E-state index contributed by atoms with van der Waals surface area (Å²) in [5, 5.41) is 7.98. The number of nitrogens with one attached hydrogen (secondary N) is 2. The van der Waals surface area contributed by atoms with E-state index in [-0.39, 0.29) is 25.4 Å². The molecule has 2 aromatic carbocycles. The molecule has 2 amide bonds. The van der Waals surface area contributed by atoms with E-state index in [0.29, 0.717) is 48.7 Å². The van der Waals surface area contributed by atoms with Crippen molar-refractivity contribution in [1.82, 2.24) is 10.9 Å². The SMILES string of the molecule is O=C(CCCCCC(=O)NN=Cc1cc2c(cc1Br)OCO2)NN=Cc1cc2c(cc1Br)OCO2. The number of fused-ring (bicyclic) bond motifs is 2. The number of hydrazone groups is 2. The van der Waals surface area contributed by atoms with Gasteiger partial charge in [-0.05, 0) is 69.0 Å². The number of amides is 2. The molecule has 0 fully saturated rings. The second-order valence-corrected chi connectivity index (χ2v) is 9.31. The van der Waals surface area contributed by atoms with Crippen molar-refractivity contribution in [1.29, 1.82) is 0 Å². The summed E-state index contributed by atoms with van der Waals surface area (Å²) in [6, 6.07) is 7.16. The molecule has 2 heterocycles. The molecule has 0 radical (unpaired) electrons. The van der Waals surface area contributed by atoms with Gasteiger partial charge in [-0.1, -0.05) is 6.42 Å². The Labute approximate surface area is 218 Å². The monoisotopic (exact) mass is 608 g/mol. The van der Waals surface area contributed by atoms with Crippen molar-refractivity contribution in [3.05, 3.63) is 44.3 Å². The van der Waals surface area contributed by atoms with Gasteiger partial charge in [0, 0.05) is 32.9 Å². The molecule has 0 saturated heterocycles. The molecule has 2 aliphatic heterocycles. The van der Waals surface area contributed by atoms with Crippen LogP contribution in [0.5, 0.6) is 23.0 Å². The van der Waals surface area contributed by atoms with Crippen LogP contribution in [-0.4, -0.2) is 37.8 Å². The zero-order valence-electron chi connectivity index (χ0n) is 18.5. The minimum atomic E-state index is -0.193. The second kappa shape index (κ2) is 12.0. The highest BCUT2D eigenvalue weighted by Crippen LogP contribution is 2.37. The van der Waals surface area contributed by atoms with E-state index in [1.165, 1.54) is 12.4 Å². The first-order chi connectivity index (χ1) is 17.0. The van der Waals surface area contributed by atoms with Gasteiger partial charge in [0.1, 0.15) is 0 Å². The van der Waals surface area contributed by atoms with Gasteiger partial charge in [0.25, 0.3) is 0 Å². The molecule has 0 aromatic heterocycles. The van der Waals surface area contributed by atoms with Crippen LogP contribution in [0.3, 0.4) is 0 Å². The first-order valence-electron chi connectivity index (χ1n) is 10.8. The fourth-order valence-electron chi connectivity index (χ4n) is 3.27. The first-order valence-corrected chi connectivity index (χ1v) is 12.4. The third kappa shape index (κ3) is 6.95. The van der Waals surface area contributed by atoms with Gasteiger partial charge in [-0.2, -0.15) is 10.2 Å². The summed E-state index contributed by atoms with van der Waals surface area (Å²) < 4.78 is 22.8. The molecule has 0 atom stereocenters. The van der Waals surface area contributed by atoms with E-state index in [1.54, 1.807) is 24.3 Å². The summed E-state index contributed by atoms with van der Waals surface area (Å²) in [6.07, 6.45) is 5.74. The largest absolute Gasteiger partial charge is 0.454 e. The zero-order chi connectivity index (χ0) is 24.6. The fraction of sp³-hybridized carbons (Fsp3) is 0.304. The topological polar surface area (TPSA) is 120 Å². The van der Waals surface area contributed by atoms with E-state index in [4.69, 9.17) is 18.9 Å². The van der Waals surface area contributed by atoms with Gasteiger partial charge in [0.05, 0.1) is 12.4 Å². The van der Waals surface area contributed by atoms with Crippen molar-refractivity contribution in [2.45, 2.75) is 32.1 Å². The van der Waals surface area contributed by atoms with Gasteiger partial charge in [-0.15, -0.1) is 0 Å². The predicted molar refractivity (Wildman–Crippen MR) is 135 cm³/mol. The molecule has 2 N–H and O–H groups in total. The lowest BCUT2D eigenvalue weighted by Crippen LogP contribution is -2.18. The minimum Gasteiger partial charge on any atom is -0.454 e. The highest BCUT2D eigenvalue weighted by Gasteiger charge is 2.16. The van der Waals surface area contributed by atoms with Crippen LogP contribution in [0.1, 0.15) is 43.2 Å². The first kappa shape index (κ1) is 25.0. The number of ether oxygens (including phenoxy) is 4. The molecule has 10 nitrogen and oxygen atoms in total. The Hall–Kier alpha value is -3.12. The Bertz CT molecular complexity index is 1080. The fourth-order valence-corrected chi connectivity index (χ4v) is 4.12. The van der Waals surface area contributed by atoms with E-state index >= 15 is 0 Å². The summed E-state index contributed by atoms with van der Waals surface area (Å²) in [5.74, 6) is 2.21. The number of nitrogens with zero attached hydrogens (tertiary/aromatic N) is 2. The molecule has 0 saturated carbocycles. The van der Waals surface area contributed by atoms with E-state index in [2.05, 4.69) is 52.9 Å². The molecular weight excluding hydrogens is 588 g/mol. The van der Waals surface area contributed by atoms with Gasteiger partial charge >= 0.3 is 0 Å². The molecule has 184 valence electrons. The van der Waals surface area contributed by atoms with E-state index < -0.39 is 0 Å². The zero-order valence-corrected chi connectivity index (χ0v) is 21.7. The smallest absolute Gasteiger partial charge is 0.240 e. The maximum absolute atomic E-state index is 12.0. The molecule has 12 heteroatoms. The average molecular weight is 610 g/mol. The summed E-state index contributed by atoms with van der Waals surface area (Å²) in [7, 11) is 0. The lowest BCUT2D eigenvalue weighted by Gasteiger charge is -2.03. The van der Waals surface area contributed by atoms with E-state index in [0.717, 1.165) is 26.5 Å². The molecule has 0 unspecified atom stereocenters. The minimum absolute atomic E-state index is 0.188. The molecule has 2 aliphatic rings. The van der Waals surface area contributed by atoms with Gasteiger partial charge in [-0.3, -0.25) is 9.59 Å². The molecule has 0 aliphatic carbocycles. The quantitative estimate of drug-likeness (QED) is 0.236. The highest BCUT2D eigenvalue weighted by molar-refractivity contribution is 9.10. The predicted octanol–water partition coefficient (Wildman–Crippen LogP) is 4.22. The van der Waals surface area contributed by atoms with Crippen LogP contribution >= 0.6 is 31.9 Å². The Morgan fingerprint density at radius 1 is 0.714 bits per heavy atom. The number of hydrogen-bond acceptors (Lipinski definition) is 8. The Kier molecular flexibility index (Phi) is 8.59. The van der Waals surface area contributed by atoms with Crippen LogP contribution in [-0.2, 0) is 9.59 Å². The number of carbonyl (C=O) groups is 2. The summed E-state index contributed by atoms with van der Waals surface area (Å²) in [4.78, 5) is 24.0. The number of halogens is 2. The molecule has 35 heavy (non-hydrogen) atoms. The van der Waals surface area contributed by atoms with Crippen molar-refractivity contribution in [2.24, 2.45) is 10.2 Å².